The Balaban J connectivity index is 1.85. The van der Waals surface area contributed by atoms with Gasteiger partial charge in [-0.25, -0.2) is 0 Å². The molecule has 0 unspecified atom stereocenters. The molecular formula is C15H21NO3. The molecule has 1 saturated heterocycles. The van der Waals surface area contributed by atoms with Crippen molar-refractivity contribution in [3.8, 4) is 11.5 Å². The molecule has 1 amide bonds. The van der Waals surface area contributed by atoms with Crippen LogP contribution in [0.4, 0.5) is 0 Å². The van der Waals surface area contributed by atoms with Crippen molar-refractivity contribution in [3.63, 3.8) is 0 Å². The third kappa shape index (κ3) is 3.63. The van der Waals surface area contributed by atoms with Crippen molar-refractivity contribution >= 4 is 5.91 Å². The van der Waals surface area contributed by atoms with Crippen LogP contribution in [-0.4, -0.2) is 37.1 Å². The van der Waals surface area contributed by atoms with E-state index in [0.29, 0.717) is 11.8 Å². The van der Waals surface area contributed by atoms with Crippen LogP contribution in [0.5, 0.6) is 11.5 Å². The SMILES string of the molecule is COc1ccc(OCC(=O)N2CCCC[C@H]2C)cc1. The van der Waals surface area contributed by atoms with Gasteiger partial charge in [-0.3, -0.25) is 4.79 Å². The molecule has 104 valence electrons. The van der Waals surface area contributed by atoms with Gasteiger partial charge in [-0.05, 0) is 50.5 Å². The maximum Gasteiger partial charge on any atom is 0.260 e. The summed E-state index contributed by atoms with van der Waals surface area (Å²) in [5.41, 5.74) is 0. The minimum atomic E-state index is 0.0722. The molecule has 0 aliphatic carbocycles. The minimum Gasteiger partial charge on any atom is -0.497 e. The van der Waals surface area contributed by atoms with Gasteiger partial charge in [0.15, 0.2) is 6.61 Å². The summed E-state index contributed by atoms with van der Waals surface area (Å²) in [6, 6.07) is 7.60. The highest BCUT2D eigenvalue weighted by atomic mass is 16.5. The molecule has 0 spiro atoms. The van der Waals surface area contributed by atoms with Gasteiger partial charge < -0.3 is 14.4 Å². The Hall–Kier alpha value is -1.71. The van der Waals surface area contributed by atoms with Crippen LogP contribution >= 0.6 is 0 Å². The van der Waals surface area contributed by atoms with Gasteiger partial charge in [0, 0.05) is 12.6 Å². The molecule has 1 fully saturated rings. The largest absolute Gasteiger partial charge is 0.497 e. The third-order valence-electron chi connectivity index (χ3n) is 3.55. The second-order valence-corrected chi connectivity index (χ2v) is 4.90. The minimum absolute atomic E-state index is 0.0722. The van der Waals surface area contributed by atoms with E-state index in [-0.39, 0.29) is 12.5 Å². The lowest BCUT2D eigenvalue weighted by Gasteiger charge is -2.33. The van der Waals surface area contributed by atoms with Crippen molar-refractivity contribution in [1.29, 1.82) is 0 Å². The predicted molar refractivity (Wildman–Crippen MR) is 73.5 cm³/mol. The van der Waals surface area contributed by atoms with Crippen LogP contribution in [0.1, 0.15) is 26.2 Å². The molecular weight excluding hydrogens is 242 g/mol. The number of likely N-dealkylation sites (tertiary alicyclic amines) is 1. The second-order valence-electron chi connectivity index (χ2n) is 4.90. The van der Waals surface area contributed by atoms with E-state index in [1.165, 1.54) is 6.42 Å². The zero-order valence-electron chi connectivity index (χ0n) is 11.6. The fraction of sp³-hybridized carbons (Fsp3) is 0.533. The number of amides is 1. The highest BCUT2D eigenvalue weighted by molar-refractivity contribution is 5.78. The average molecular weight is 263 g/mol. The van der Waals surface area contributed by atoms with Crippen LogP contribution in [0.15, 0.2) is 24.3 Å². The fourth-order valence-electron chi connectivity index (χ4n) is 2.37. The predicted octanol–water partition coefficient (Wildman–Crippen LogP) is 2.48. The first-order valence-electron chi connectivity index (χ1n) is 6.77. The van der Waals surface area contributed by atoms with E-state index in [0.717, 1.165) is 25.1 Å². The molecule has 0 radical (unpaired) electrons. The number of methoxy groups -OCH3 is 1. The summed E-state index contributed by atoms with van der Waals surface area (Å²) in [7, 11) is 1.62. The molecule has 0 saturated carbocycles. The second kappa shape index (κ2) is 6.45. The lowest BCUT2D eigenvalue weighted by molar-refractivity contribution is -0.136. The molecule has 2 rings (SSSR count). The van der Waals surface area contributed by atoms with E-state index in [1.807, 2.05) is 29.2 Å². The Morgan fingerprint density at radius 2 is 1.95 bits per heavy atom. The molecule has 1 aliphatic rings. The van der Waals surface area contributed by atoms with Crippen LogP contribution < -0.4 is 9.47 Å². The molecule has 4 nitrogen and oxygen atoms in total. The summed E-state index contributed by atoms with van der Waals surface area (Å²) in [4.78, 5) is 14.0. The Kier molecular flexibility index (Phi) is 4.66. The van der Waals surface area contributed by atoms with Gasteiger partial charge in [0.25, 0.3) is 5.91 Å². The van der Waals surface area contributed by atoms with Crippen molar-refractivity contribution in [3.05, 3.63) is 24.3 Å². The van der Waals surface area contributed by atoms with Crippen LogP contribution in [0.3, 0.4) is 0 Å². The number of hydrogen-bond donors (Lipinski definition) is 0. The third-order valence-corrected chi connectivity index (χ3v) is 3.55. The molecule has 1 aromatic rings. The number of hydrogen-bond acceptors (Lipinski definition) is 3. The number of rotatable bonds is 4. The maximum absolute atomic E-state index is 12.1. The quantitative estimate of drug-likeness (QED) is 0.837. The Morgan fingerprint density at radius 3 is 2.58 bits per heavy atom. The smallest absolute Gasteiger partial charge is 0.260 e. The summed E-state index contributed by atoms with van der Waals surface area (Å²) < 4.78 is 10.6. The van der Waals surface area contributed by atoms with Crippen molar-refractivity contribution < 1.29 is 14.3 Å². The average Bonchev–Trinajstić information content (AvgIpc) is 2.46. The lowest BCUT2D eigenvalue weighted by Crippen LogP contribution is -2.44. The fourth-order valence-corrected chi connectivity index (χ4v) is 2.37. The number of piperidine rings is 1. The summed E-state index contributed by atoms with van der Waals surface area (Å²) in [5, 5.41) is 0. The van der Waals surface area contributed by atoms with Gasteiger partial charge in [0.05, 0.1) is 7.11 Å². The van der Waals surface area contributed by atoms with E-state index in [9.17, 15) is 4.79 Å². The van der Waals surface area contributed by atoms with Crippen LogP contribution in [0.2, 0.25) is 0 Å². The number of nitrogens with zero attached hydrogens (tertiary/aromatic N) is 1. The number of carbonyl (C=O) groups excluding carboxylic acids is 1. The van der Waals surface area contributed by atoms with Gasteiger partial charge in [0.2, 0.25) is 0 Å². The van der Waals surface area contributed by atoms with Crippen molar-refractivity contribution in [2.24, 2.45) is 0 Å². The van der Waals surface area contributed by atoms with Crippen LogP contribution in [0.25, 0.3) is 0 Å². The summed E-state index contributed by atoms with van der Waals surface area (Å²) in [6.45, 7) is 3.06. The highest BCUT2D eigenvalue weighted by Crippen LogP contribution is 2.19. The highest BCUT2D eigenvalue weighted by Gasteiger charge is 2.23. The molecule has 1 heterocycles. The summed E-state index contributed by atoms with van der Waals surface area (Å²) in [6.07, 6.45) is 3.40. The summed E-state index contributed by atoms with van der Waals surface area (Å²) >= 11 is 0. The Bertz CT molecular complexity index is 416. The lowest BCUT2D eigenvalue weighted by atomic mass is 10.0. The van der Waals surface area contributed by atoms with Crippen LogP contribution in [-0.2, 0) is 4.79 Å². The Morgan fingerprint density at radius 1 is 1.26 bits per heavy atom. The summed E-state index contributed by atoms with van der Waals surface area (Å²) in [5.74, 6) is 1.55. The van der Waals surface area contributed by atoms with E-state index in [1.54, 1.807) is 7.11 Å². The van der Waals surface area contributed by atoms with Gasteiger partial charge >= 0.3 is 0 Å². The molecule has 0 bridgehead atoms. The van der Waals surface area contributed by atoms with E-state index in [2.05, 4.69) is 6.92 Å². The van der Waals surface area contributed by atoms with Crippen molar-refractivity contribution in [2.45, 2.75) is 32.2 Å². The van der Waals surface area contributed by atoms with Gasteiger partial charge in [0.1, 0.15) is 11.5 Å². The van der Waals surface area contributed by atoms with Crippen molar-refractivity contribution in [1.82, 2.24) is 4.90 Å². The first-order valence-corrected chi connectivity index (χ1v) is 6.77. The zero-order valence-corrected chi connectivity index (χ0v) is 11.6. The monoisotopic (exact) mass is 263 g/mol. The zero-order chi connectivity index (χ0) is 13.7. The Labute approximate surface area is 114 Å². The van der Waals surface area contributed by atoms with Gasteiger partial charge in [-0.15, -0.1) is 0 Å². The van der Waals surface area contributed by atoms with Crippen molar-refractivity contribution in [2.75, 3.05) is 20.3 Å². The normalized spacial score (nSPS) is 19.1. The number of ether oxygens (including phenoxy) is 2. The first kappa shape index (κ1) is 13.7. The van der Waals surface area contributed by atoms with Crippen LogP contribution in [0, 0.1) is 0 Å². The van der Waals surface area contributed by atoms with Gasteiger partial charge in [-0.2, -0.15) is 0 Å². The molecule has 0 N–H and O–H groups in total. The van der Waals surface area contributed by atoms with Gasteiger partial charge in [-0.1, -0.05) is 0 Å². The van der Waals surface area contributed by atoms with E-state index < -0.39 is 0 Å². The van der Waals surface area contributed by atoms with E-state index in [4.69, 9.17) is 9.47 Å². The first-order chi connectivity index (χ1) is 9.20. The molecule has 4 heteroatoms. The molecule has 0 aromatic heterocycles. The standard InChI is InChI=1S/C15H21NO3/c1-12-5-3-4-10-16(12)15(17)11-19-14-8-6-13(18-2)7-9-14/h6-9,12H,3-5,10-11H2,1-2H3/t12-/m1/s1. The topological polar surface area (TPSA) is 38.8 Å². The number of carbonyl (C=O) groups is 1. The number of benzene rings is 1. The molecule has 1 aliphatic heterocycles. The molecule has 1 atom stereocenters. The van der Waals surface area contributed by atoms with E-state index >= 15 is 0 Å². The molecule has 19 heavy (non-hydrogen) atoms. The molecule has 1 aromatic carbocycles. The maximum atomic E-state index is 12.1.